The van der Waals surface area contributed by atoms with Gasteiger partial charge in [0, 0.05) is 7.05 Å². The van der Waals surface area contributed by atoms with Crippen molar-refractivity contribution in [2.45, 2.75) is 0 Å². The lowest BCUT2D eigenvalue weighted by Gasteiger charge is -2.20. The quantitative estimate of drug-likeness (QED) is 0.454. The summed E-state index contributed by atoms with van der Waals surface area (Å²) in [6, 6.07) is -0.218. The van der Waals surface area contributed by atoms with E-state index in [-0.39, 0.29) is 6.03 Å². The first-order chi connectivity index (χ1) is 5.74. The smallest absolute Gasteiger partial charge is 0.337 e. The van der Waals surface area contributed by atoms with Crippen molar-refractivity contribution >= 4 is 18.0 Å². The number of carbonyl (C=O) groups is 1. The zero-order valence-corrected chi connectivity index (χ0v) is 6.94. The molecule has 1 aliphatic heterocycles. The molecule has 6 nitrogen and oxygen atoms in total. The van der Waals surface area contributed by atoms with Crippen molar-refractivity contribution in [2.24, 2.45) is 10.3 Å². The molecule has 0 bridgehead atoms. The van der Waals surface area contributed by atoms with Gasteiger partial charge in [0.15, 0.2) is 0 Å². The first-order valence-electron chi connectivity index (χ1n) is 3.38. The minimum absolute atomic E-state index is 0.218. The summed E-state index contributed by atoms with van der Waals surface area (Å²) in [7, 11) is 3.12. The molecule has 12 heavy (non-hydrogen) atoms. The Balaban J connectivity index is 2.58. The van der Waals surface area contributed by atoms with Gasteiger partial charge in [-0.1, -0.05) is 5.16 Å². The SMILES string of the molecule is CO/N=C/C1=NNC(=O)N(C)C1. The number of hydrogen-bond acceptors (Lipinski definition) is 4. The maximum Gasteiger partial charge on any atom is 0.337 e. The summed E-state index contributed by atoms with van der Waals surface area (Å²) in [5.41, 5.74) is 2.97. The van der Waals surface area contributed by atoms with E-state index in [1.54, 1.807) is 7.05 Å². The molecule has 0 spiro atoms. The number of nitrogens with one attached hydrogen (secondary N) is 1. The minimum Gasteiger partial charge on any atom is -0.399 e. The third-order valence-electron chi connectivity index (χ3n) is 1.35. The fraction of sp³-hybridized carbons (Fsp3) is 0.500. The van der Waals surface area contributed by atoms with Gasteiger partial charge in [-0.3, -0.25) is 0 Å². The molecular formula is C6H10N4O2. The Kier molecular flexibility index (Phi) is 2.62. The Labute approximate surface area is 69.9 Å². The predicted molar refractivity (Wildman–Crippen MR) is 44.1 cm³/mol. The number of hydrogen-bond donors (Lipinski definition) is 1. The van der Waals surface area contributed by atoms with E-state index in [0.29, 0.717) is 12.3 Å². The highest BCUT2D eigenvalue weighted by Gasteiger charge is 2.14. The number of oxime groups is 1. The molecule has 66 valence electrons. The predicted octanol–water partition coefficient (Wildman–Crippen LogP) is -0.370. The largest absolute Gasteiger partial charge is 0.399 e. The molecule has 0 saturated heterocycles. The highest BCUT2D eigenvalue weighted by Crippen LogP contribution is 1.91. The minimum atomic E-state index is -0.218. The van der Waals surface area contributed by atoms with Gasteiger partial charge in [0.2, 0.25) is 0 Å². The van der Waals surface area contributed by atoms with Crippen molar-refractivity contribution in [2.75, 3.05) is 20.7 Å². The van der Waals surface area contributed by atoms with Crippen LogP contribution in [0.4, 0.5) is 4.79 Å². The monoisotopic (exact) mass is 170 g/mol. The number of carbonyl (C=O) groups excluding carboxylic acids is 1. The molecular weight excluding hydrogens is 160 g/mol. The Bertz CT molecular complexity index is 236. The Morgan fingerprint density at radius 2 is 2.58 bits per heavy atom. The molecule has 0 aromatic heterocycles. The van der Waals surface area contributed by atoms with E-state index in [9.17, 15) is 4.79 Å². The van der Waals surface area contributed by atoms with Gasteiger partial charge in [-0.25, -0.2) is 10.2 Å². The Hall–Kier alpha value is -1.59. The summed E-state index contributed by atoms with van der Waals surface area (Å²) in [5, 5.41) is 7.27. The first kappa shape index (κ1) is 8.51. The van der Waals surface area contributed by atoms with Gasteiger partial charge in [-0.15, -0.1) is 0 Å². The molecule has 1 rings (SSSR count). The van der Waals surface area contributed by atoms with Crippen molar-refractivity contribution in [3.63, 3.8) is 0 Å². The van der Waals surface area contributed by atoms with E-state index in [0.717, 1.165) is 0 Å². The lowest BCUT2D eigenvalue weighted by molar-refractivity contribution is 0.211. The second kappa shape index (κ2) is 3.70. The number of rotatable bonds is 2. The average molecular weight is 170 g/mol. The molecule has 0 aromatic carbocycles. The van der Waals surface area contributed by atoms with E-state index in [1.807, 2.05) is 0 Å². The van der Waals surface area contributed by atoms with Crippen LogP contribution in [-0.2, 0) is 4.84 Å². The molecule has 0 atom stereocenters. The summed E-state index contributed by atoms with van der Waals surface area (Å²) in [6.45, 7) is 0.443. The standard InChI is InChI=1S/C6H10N4O2/c1-10-4-5(3-7-12-2)8-9-6(10)11/h3H,4H2,1-2H3,(H,9,11)/b7-3+. The van der Waals surface area contributed by atoms with Gasteiger partial charge in [-0.05, 0) is 0 Å². The van der Waals surface area contributed by atoms with E-state index in [1.165, 1.54) is 18.2 Å². The number of nitrogens with zero attached hydrogens (tertiary/aromatic N) is 3. The molecule has 0 aliphatic carbocycles. The van der Waals surface area contributed by atoms with Crippen molar-refractivity contribution in [3.05, 3.63) is 0 Å². The second-order valence-corrected chi connectivity index (χ2v) is 2.29. The zero-order valence-electron chi connectivity index (χ0n) is 6.94. The molecule has 0 radical (unpaired) electrons. The van der Waals surface area contributed by atoms with Crippen LogP contribution in [0.5, 0.6) is 0 Å². The summed E-state index contributed by atoms with van der Waals surface area (Å²) in [5.74, 6) is 0. The van der Waals surface area contributed by atoms with Crippen LogP contribution in [-0.4, -0.2) is 43.6 Å². The van der Waals surface area contributed by atoms with E-state index in [4.69, 9.17) is 0 Å². The van der Waals surface area contributed by atoms with E-state index >= 15 is 0 Å². The van der Waals surface area contributed by atoms with Gasteiger partial charge < -0.3 is 9.74 Å². The highest BCUT2D eigenvalue weighted by atomic mass is 16.6. The first-order valence-corrected chi connectivity index (χ1v) is 3.38. The molecule has 1 aliphatic rings. The van der Waals surface area contributed by atoms with Crippen LogP contribution in [0.1, 0.15) is 0 Å². The molecule has 1 heterocycles. The average Bonchev–Trinajstić information content (AvgIpc) is 2.07. The second-order valence-electron chi connectivity index (χ2n) is 2.29. The normalized spacial score (nSPS) is 17.7. The van der Waals surface area contributed by atoms with Gasteiger partial charge >= 0.3 is 6.03 Å². The van der Waals surface area contributed by atoms with Gasteiger partial charge in [0.25, 0.3) is 0 Å². The number of hydrazone groups is 1. The van der Waals surface area contributed by atoms with Crippen LogP contribution >= 0.6 is 0 Å². The Morgan fingerprint density at radius 1 is 1.83 bits per heavy atom. The summed E-state index contributed by atoms with van der Waals surface area (Å²) in [6.07, 6.45) is 1.45. The molecule has 6 heteroatoms. The molecule has 0 fully saturated rings. The van der Waals surface area contributed by atoms with Crippen LogP contribution < -0.4 is 5.43 Å². The topological polar surface area (TPSA) is 66.3 Å². The fourth-order valence-corrected chi connectivity index (χ4v) is 0.738. The Morgan fingerprint density at radius 3 is 3.17 bits per heavy atom. The van der Waals surface area contributed by atoms with Crippen LogP contribution in [0.2, 0.25) is 0 Å². The van der Waals surface area contributed by atoms with E-state index in [2.05, 4.69) is 20.5 Å². The maximum atomic E-state index is 10.8. The third-order valence-corrected chi connectivity index (χ3v) is 1.35. The van der Waals surface area contributed by atoms with Crippen LogP contribution in [0.3, 0.4) is 0 Å². The molecule has 1 N–H and O–H groups in total. The number of urea groups is 1. The summed E-state index contributed by atoms with van der Waals surface area (Å²) >= 11 is 0. The van der Waals surface area contributed by atoms with Crippen molar-refractivity contribution in [3.8, 4) is 0 Å². The van der Waals surface area contributed by atoms with Crippen LogP contribution in [0, 0.1) is 0 Å². The molecule has 0 saturated carbocycles. The summed E-state index contributed by atoms with van der Waals surface area (Å²) in [4.78, 5) is 16.8. The third kappa shape index (κ3) is 1.94. The van der Waals surface area contributed by atoms with Gasteiger partial charge in [0.1, 0.15) is 12.8 Å². The lowest BCUT2D eigenvalue weighted by Crippen LogP contribution is -2.43. The highest BCUT2D eigenvalue weighted by molar-refractivity contribution is 6.32. The maximum absolute atomic E-state index is 10.8. The fourth-order valence-electron chi connectivity index (χ4n) is 0.738. The van der Waals surface area contributed by atoms with Crippen LogP contribution in [0.15, 0.2) is 10.3 Å². The lowest BCUT2D eigenvalue weighted by atomic mass is 10.4. The van der Waals surface area contributed by atoms with Crippen molar-refractivity contribution < 1.29 is 9.63 Å². The molecule has 0 aromatic rings. The molecule has 0 unspecified atom stereocenters. The van der Waals surface area contributed by atoms with E-state index < -0.39 is 0 Å². The van der Waals surface area contributed by atoms with Gasteiger partial charge in [0.05, 0.1) is 12.8 Å². The molecule has 2 amide bonds. The van der Waals surface area contributed by atoms with Gasteiger partial charge in [-0.2, -0.15) is 5.10 Å². The number of amides is 2. The summed E-state index contributed by atoms with van der Waals surface area (Å²) < 4.78 is 0. The van der Waals surface area contributed by atoms with Crippen molar-refractivity contribution in [1.82, 2.24) is 10.3 Å². The van der Waals surface area contributed by atoms with Crippen molar-refractivity contribution in [1.29, 1.82) is 0 Å². The zero-order chi connectivity index (χ0) is 8.97. The van der Waals surface area contributed by atoms with Crippen LogP contribution in [0.25, 0.3) is 0 Å².